The Morgan fingerprint density at radius 1 is 1.07 bits per heavy atom. The third-order valence-corrected chi connectivity index (χ3v) is 5.05. The molecule has 142 valence electrons. The smallest absolute Gasteiger partial charge is 0.316 e. The number of esters is 1. The number of benzene rings is 2. The molecule has 1 atom stereocenters. The van der Waals surface area contributed by atoms with Gasteiger partial charge in [0.15, 0.2) is 0 Å². The normalized spacial score (nSPS) is 17.3. The lowest BCUT2D eigenvalue weighted by atomic mass is 9.87. The van der Waals surface area contributed by atoms with Gasteiger partial charge in [-0.15, -0.1) is 0 Å². The van der Waals surface area contributed by atoms with E-state index in [9.17, 15) is 9.59 Å². The summed E-state index contributed by atoms with van der Waals surface area (Å²) in [6, 6.07) is 13.6. The first kappa shape index (κ1) is 19.2. The highest BCUT2D eigenvalue weighted by Crippen LogP contribution is 2.30. The Balaban J connectivity index is 1.70. The van der Waals surface area contributed by atoms with Gasteiger partial charge in [0.05, 0.1) is 5.92 Å². The number of amides is 1. The summed E-state index contributed by atoms with van der Waals surface area (Å²) in [6.07, 6.45) is 0.187. The number of anilines is 1. The minimum atomic E-state index is -0.445. The topological polar surface area (TPSA) is 46.6 Å². The van der Waals surface area contributed by atoms with Gasteiger partial charge in [0.25, 0.3) is 0 Å². The molecule has 1 aliphatic heterocycles. The molecule has 2 aromatic carbocycles. The molecule has 2 aromatic rings. The molecule has 1 aliphatic rings. The standard InChI is InChI=1S/C23H27NO3/c1-15-6-7-16(2)20(12-15)24-14-17(13-21(24)25)22(26)27-19-10-8-18(9-11-19)23(3,4)5/h6-12,17H,13-14H2,1-5H3/t17-/m0/s1. The van der Waals surface area contributed by atoms with Gasteiger partial charge in [-0.05, 0) is 54.2 Å². The van der Waals surface area contributed by atoms with Crippen LogP contribution in [-0.4, -0.2) is 18.4 Å². The number of carbonyl (C=O) groups excluding carboxylic acids is 2. The summed E-state index contributed by atoms with van der Waals surface area (Å²) in [7, 11) is 0. The maximum Gasteiger partial charge on any atom is 0.316 e. The van der Waals surface area contributed by atoms with Crippen molar-refractivity contribution in [1.82, 2.24) is 0 Å². The fourth-order valence-electron chi connectivity index (χ4n) is 3.33. The minimum absolute atomic E-state index is 0.0336. The summed E-state index contributed by atoms with van der Waals surface area (Å²) in [5, 5.41) is 0. The van der Waals surface area contributed by atoms with Crippen LogP contribution in [0.1, 0.15) is 43.9 Å². The second-order valence-electron chi connectivity index (χ2n) is 8.39. The van der Waals surface area contributed by atoms with Gasteiger partial charge < -0.3 is 9.64 Å². The number of nitrogens with zero attached hydrogens (tertiary/aromatic N) is 1. The number of ether oxygens (including phenoxy) is 1. The molecule has 1 fully saturated rings. The van der Waals surface area contributed by atoms with E-state index in [1.54, 1.807) is 4.90 Å². The highest BCUT2D eigenvalue weighted by Gasteiger charge is 2.37. The maximum atomic E-state index is 12.6. The first-order chi connectivity index (χ1) is 12.6. The SMILES string of the molecule is Cc1ccc(C)c(N2C[C@@H](C(=O)Oc3ccc(C(C)(C)C)cc3)CC2=O)c1. The second kappa shape index (κ2) is 7.18. The molecule has 0 aliphatic carbocycles. The first-order valence-corrected chi connectivity index (χ1v) is 9.35. The van der Waals surface area contributed by atoms with Crippen molar-refractivity contribution in [2.24, 2.45) is 5.92 Å². The van der Waals surface area contributed by atoms with Crippen LogP contribution in [0.25, 0.3) is 0 Å². The Labute approximate surface area is 161 Å². The maximum absolute atomic E-state index is 12.6. The summed E-state index contributed by atoms with van der Waals surface area (Å²) >= 11 is 0. The molecule has 27 heavy (non-hydrogen) atoms. The highest BCUT2D eigenvalue weighted by atomic mass is 16.5. The fraction of sp³-hybridized carbons (Fsp3) is 0.391. The van der Waals surface area contributed by atoms with E-state index in [4.69, 9.17) is 4.74 Å². The highest BCUT2D eigenvalue weighted by molar-refractivity contribution is 6.00. The van der Waals surface area contributed by atoms with Gasteiger partial charge in [-0.25, -0.2) is 0 Å². The van der Waals surface area contributed by atoms with Gasteiger partial charge >= 0.3 is 5.97 Å². The van der Waals surface area contributed by atoms with E-state index in [1.807, 2.05) is 56.3 Å². The zero-order valence-corrected chi connectivity index (χ0v) is 16.7. The summed E-state index contributed by atoms with van der Waals surface area (Å²) < 4.78 is 5.53. The van der Waals surface area contributed by atoms with Gasteiger partial charge in [-0.1, -0.05) is 45.0 Å². The average molecular weight is 365 g/mol. The Morgan fingerprint density at radius 2 is 1.74 bits per heavy atom. The fourth-order valence-corrected chi connectivity index (χ4v) is 3.33. The number of hydrogen-bond donors (Lipinski definition) is 0. The van der Waals surface area contributed by atoms with E-state index >= 15 is 0 Å². The summed E-state index contributed by atoms with van der Waals surface area (Å²) in [6.45, 7) is 10.8. The van der Waals surface area contributed by atoms with Gasteiger partial charge in [-0.3, -0.25) is 9.59 Å². The summed E-state index contributed by atoms with van der Waals surface area (Å²) in [5.41, 5.74) is 4.23. The quantitative estimate of drug-likeness (QED) is 0.592. The molecular weight excluding hydrogens is 338 g/mol. The van der Waals surface area contributed by atoms with Crippen LogP contribution in [-0.2, 0) is 15.0 Å². The lowest BCUT2D eigenvalue weighted by Gasteiger charge is -2.20. The van der Waals surface area contributed by atoms with Crippen molar-refractivity contribution in [3.05, 3.63) is 59.2 Å². The monoisotopic (exact) mass is 365 g/mol. The van der Waals surface area contributed by atoms with Crippen molar-refractivity contribution in [2.75, 3.05) is 11.4 Å². The molecule has 0 N–H and O–H groups in total. The third kappa shape index (κ3) is 4.21. The molecule has 4 nitrogen and oxygen atoms in total. The van der Waals surface area contributed by atoms with Gasteiger partial charge in [0.2, 0.25) is 5.91 Å². The number of aryl methyl sites for hydroxylation is 2. The molecule has 0 bridgehead atoms. The van der Waals surface area contributed by atoms with Crippen LogP contribution in [0, 0.1) is 19.8 Å². The average Bonchev–Trinajstić information content (AvgIpc) is 2.98. The van der Waals surface area contributed by atoms with Gasteiger partial charge in [0.1, 0.15) is 5.75 Å². The largest absolute Gasteiger partial charge is 0.426 e. The molecule has 4 heteroatoms. The molecular formula is C23H27NO3. The zero-order valence-electron chi connectivity index (χ0n) is 16.7. The van der Waals surface area contributed by atoms with Crippen LogP contribution in [0.3, 0.4) is 0 Å². The Morgan fingerprint density at radius 3 is 2.37 bits per heavy atom. The van der Waals surface area contributed by atoms with Crippen LogP contribution in [0.4, 0.5) is 5.69 Å². The lowest BCUT2D eigenvalue weighted by Crippen LogP contribution is -2.28. The van der Waals surface area contributed by atoms with E-state index in [-0.39, 0.29) is 23.7 Å². The molecule has 0 unspecified atom stereocenters. The van der Waals surface area contributed by atoms with Crippen molar-refractivity contribution >= 4 is 17.6 Å². The van der Waals surface area contributed by atoms with Crippen LogP contribution < -0.4 is 9.64 Å². The predicted molar refractivity (Wildman–Crippen MR) is 107 cm³/mol. The molecule has 1 saturated heterocycles. The molecule has 0 radical (unpaired) electrons. The van der Waals surface area contributed by atoms with E-state index < -0.39 is 5.92 Å². The van der Waals surface area contributed by atoms with Crippen molar-refractivity contribution in [2.45, 2.75) is 46.5 Å². The van der Waals surface area contributed by atoms with E-state index in [2.05, 4.69) is 20.8 Å². The zero-order chi connectivity index (χ0) is 19.8. The lowest BCUT2D eigenvalue weighted by molar-refractivity contribution is -0.139. The van der Waals surface area contributed by atoms with E-state index in [0.29, 0.717) is 12.3 Å². The Hall–Kier alpha value is -2.62. The molecule has 0 aromatic heterocycles. The van der Waals surface area contributed by atoms with Gasteiger partial charge in [0, 0.05) is 18.7 Å². The summed E-state index contributed by atoms with van der Waals surface area (Å²) in [5.74, 6) is -0.307. The Bertz CT molecular complexity index is 862. The van der Waals surface area contributed by atoms with E-state index in [1.165, 1.54) is 5.56 Å². The van der Waals surface area contributed by atoms with Crippen molar-refractivity contribution in [3.63, 3.8) is 0 Å². The predicted octanol–water partition coefficient (Wildman–Crippen LogP) is 4.56. The second-order valence-corrected chi connectivity index (χ2v) is 8.39. The van der Waals surface area contributed by atoms with Crippen LogP contribution in [0.2, 0.25) is 0 Å². The van der Waals surface area contributed by atoms with Gasteiger partial charge in [-0.2, -0.15) is 0 Å². The van der Waals surface area contributed by atoms with Crippen LogP contribution in [0.5, 0.6) is 5.75 Å². The Kier molecular flexibility index (Phi) is 5.09. The third-order valence-electron chi connectivity index (χ3n) is 5.05. The molecule has 0 spiro atoms. The number of hydrogen-bond acceptors (Lipinski definition) is 3. The number of carbonyl (C=O) groups is 2. The minimum Gasteiger partial charge on any atom is -0.426 e. The van der Waals surface area contributed by atoms with Crippen LogP contribution in [0.15, 0.2) is 42.5 Å². The summed E-state index contributed by atoms with van der Waals surface area (Å²) in [4.78, 5) is 26.8. The molecule has 1 amide bonds. The van der Waals surface area contributed by atoms with Crippen molar-refractivity contribution in [3.8, 4) is 5.75 Å². The number of rotatable bonds is 3. The van der Waals surface area contributed by atoms with Crippen LogP contribution >= 0.6 is 0 Å². The molecule has 1 heterocycles. The molecule has 0 saturated carbocycles. The van der Waals surface area contributed by atoms with Crippen molar-refractivity contribution in [1.29, 1.82) is 0 Å². The van der Waals surface area contributed by atoms with E-state index in [0.717, 1.165) is 16.8 Å². The van der Waals surface area contributed by atoms with Crippen molar-refractivity contribution < 1.29 is 14.3 Å². The molecule has 3 rings (SSSR count). The first-order valence-electron chi connectivity index (χ1n) is 9.35.